The minimum Gasteiger partial charge on any atom is -0.378 e. The Morgan fingerprint density at radius 2 is 1.94 bits per heavy atom. The smallest absolute Gasteiger partial charge is 0.257 e. The summed E-state index contributed by atoms with van der Waals surface area (Å²) in [5.74, 6) is 0.475. The summed E-state index contributed by atoms with van der Waals surface area (Å²) in [6.07, 6.45) is 1.37. The zero-order valence-electron chi connectivity index (χ0n) is 20.3. The molecule has 4 rings (SSSR count). The quantitative estimate of drug-likeness (QED) is 0.604. The predicted molar refractivity (Wildman–Crippen MR) is 136 cm³/mol. The van der Waals surface area contributed by atoms with E-state index >= 15 is 0 Å². The number of carbonyl (C=O) groups is 1. The topological polar surface area (TPSA) is 113 Å². The van der Waals surface area contributed by atoms with Crippen molar-refractivity contribution in [1.29, 1.82) is 5.26 Å². The molecule has 0 aliphatic carbocycles. The van der Waals surface area contributed by atoms with Crippen LogP contribution in [0.3, 0.4) is 0 Å². The highest BCUT2D eigenvalue weighted by atomic mass is 16.5. The van der Waals surface area contributed by atoms with Crippen molar-refractivity contribution in [2.24, 2.45) is 7.05 Å². The van der Waals surface area contributed by atoms with Crippen LogP contribution in [0, 0.1) is 18.3 Å². The molecule has 1 aromatic carbocycles. The lowest BCUT2D eigenvalue weighted by Crippen LogP contribution is -2.39. The summed E-state index contributed by atoms with van der Waals surface area (Å²) in [5, 5.41) is 20.2. The van der Waals surface area contributed by atoms with Gasteiger partial charge in [-0.1, -0.05) is 6.07 Å². The monoisotopic (exact) mass is 474 g/mol. The van der Waals surface area contributed by atoms with E-state index in [1.54, 1.807) is 37.6 Å². The third-order valence-corrected chi connectivity index (χ3v) is 6.22. The molecule has 0 spiro atoms. The van der Waals surface area contributed by atoms with Gasteiger partial charge in [0.15, 0.2) is 0 Å². The Hall–Kier alpha value is -4.03. The number of nitrogens with one attached hydrogen (secondary N) is 1. The van der Waals surface area contributed by atoms with Crippen molar-refractivity contribution in [1.82, 2.24) is 14.8 Å². The highest BCUT2D eigenvalue weighted by molar-refractivity contribution is 6.04. The van der Waals surface area contributed by atoms with E-state index in [0.717, 1.165) is 35.6 Å². The Labute approximate surface area is 205 Å². The summed E-state index contributed by atoms with van der Waals surface area (Å²) in [6.45, 7) is 8.09. The highest BCUT2D eigenvalue weighted by Crippen LogP contribution is 2.29. The molecule has 1 amide bonds. The van der Waals surface area contributed by atoms with E-state index in [-0.39, 0.29) is 12.9 Å². The molecule has 1 saturated heterocycles. The zero-order chi connectivity index (χ0) is 25.2. The number of amides is 1. The van der Waals surface area contributed by atoms with Gasteiger partial charge in [0.2, 0.25) is 0 Å². The van der Waals surface area contributed by atoms with Crippen molar-refractivity contribution >= 4 is 17.4 Å². The molecular formula is C26H30N6O3. The van der Waals surface area contributed by atoms with E-state index in [1.165, 1.54) is 6.20 Å². The SMILES string of the molecule is Cc1ccc(NC(=O)c2cnnc(C(C)(C)C#N)c2)cc1-c1cc(N2CCOCC2)n(C)c(=O)c1.[HH]. The fraction of sp³-hybridized carbons (Fsp3) is 0.346. The number of pyridine rings is 1. The van der Waals surface area contributed by atoms with Crippen LogP contribution in [0.1, 0.15) is 36.9 Å². The second-order valence-electron chi connectivity index (χ2n) is 9.15. The lowest BCUT2D eigenvalue weighted by atomic mass is 9.90. The molecule has 1 fully saturated rings. The minimum atomic E-state index is -0.863. The van der Waals surface area contributed by atoms with E-state index in [2.05, 4.69) is 26.5 Å². The van der Waals surface area contributed by atoms with Crippen molar-refractivity contribution in [3.05, 3.63) is 69.8 Å². The maximum absolute atomic E-state index is 12.9. The number of rotatable bonds is 5. The number of ether oxygens (including phenoxy) is 1. The van der Waals surface area contributed by atoms with E-state index in [4.69, 9.17) is 4.74 Å². The van der Waals surface area contributed by atoms with E-state index in [1.807, 2.05) is 31.2 Å². The third kappa shape index (κ3) is 5.08. The first-order valence-electron chi connectivity index (χ1n) is 11.4. The largest absolute Gasteiger partial charge is 0.378 e. The molecule has 9 nitrogen and oxygen atoms in total. The van der Waals surface area contributed by atoms with Crippen molar-refractivity contribution in [2.45, 2.75) is 26.2 Å². The van der Waals surface area contributed by atoms with Crippen molar-refractivity contribution in [3.8, 4) is 17.2 Å². The van der Waals surface area contributed by atoms with Crippen LogP contribution in [0.15, 0.2) is 47.4 Å². The first-order chi connectivity index (χ1) is 16.7. The number of carbonyl (C=O) groups excluding carboxylic acids is 1. The number of nitriles is 1. The molecule has 3 aromatic rings. The van der Waals surface area contributed by atoms with Gasteiger partial charge in [-0.2, -0.15) is 15.5 Å². The second kappa shape index (κ2) is 9.68. The Kier molecular flexibility index (Phi) is 6.67. The lowest BCUT2D eigenvalue weighted by Gasteiger charge is -2.30. The molecule has 1 aliphatic heterocycles. The molecule has 3 heterocycles. The molecule has 0 unspecified atom stereocenters. The summed E-state index contributed by atoms with van der Waals surface area (Å²) in [7, 11) is 1.77. The van der Waals surface area contributed by atoms with Gasteiger partial charge in [0, 0.05) is 33.3 Å². The van der Waals surface area contributed by atoms with Gasteiger partial charge in [-0.25, -0.2) is 0 Å². The molecule has 0 saturated carbocycles. The zero-order valence-corrected chi connectivity index (χ0v) is 20.3. The maximum Gasteiger partial charge on any atom is 0.257 e. The Morgan fingerprint density at radius 3 is 2.66 bits per heavy atom. The molecule has 9 heteroatoms. The van der Waals surface area contributed by atoms with Gasteiger partial charge in [-0.3, -0.25) is 14.2 Å². The van der Waals surface area contributed by atoms with Crippen LogP contribution in [0.25, 0.3) is 11.1 Å². The summed E-state index contributed by atoms with van der Waals surface area (Å²) in [6, 6.07) is 12.9. The number of aromatic nitrogens is 3. The van der Waals surface area contributed by atoms with Crippen LogP contribution in [0.5, 0.6) is 0 Å². The van der Waals surface area contributed by atoms with E-state index in [0.29, 0.717) is 30.2 Å². The minimum absolute atomic E-state index is 0. The molecular weight excluding hydrogens is 444 g/mol. The van der Waals surface area contributed by atoms with Gasteiger partial charge in [0.25, 0.3) is 11.5 Å². The van der Waals surface area contributed by atoms with Crippen molar-refractivity contribution in [2.75, 3.05) is 36.5 Å². The molecule has 2 aromatic heterocycles. The van der Waals surface area contributed by atoms with Gasteiger partial charge >= 0.3 is 0 Å². The number of hydrogen-bond acceptors (Lipinski definition) is 7. The van der Waals surface area contributed by atoms with Gasteiger partial charge < -0.3 is 15.0 Å². The summed E-state index contributed by atoms with van der Waals surface area (Å²) < 4.78 is 7.10. The Morgan fingerprint density at radius 1 is 1.20 bits per heavy atom. The molecule has 0 radical (unpaired) electrons. The van der Waals surface area contributed by atoms with Gasteiger partial charge in [0.05, 0.1) is 42.2 Å². The number of anilines is 2. The Bertz CT molecular complexity index is 1370. The number of nitrogens with zero attached hydrogens (tertiary/aromatic N) is 5. The van der Waals surface area contributed by atoms with E-state index in [9.17, 15) is 14.9 Å². The lowest BCUT2D eigenvalue weighted by molar-refractivity contribution is 0.102. The average Bonchev–Trinajstić information content (AvgIpc) is 2.87. The fourth-order valence-corrected chi connectivity index (χ4v) is 3.94. The predicted octanol–water partition coefficient (Wildman–Crippen LogP) is 3.29. The summed E-state index contributed by atoms with van der Waals surface area (Å²) >= 11 is 0. The molecule has 182 valence electrons. The number of benzene rings is 1. The Balaban J connectivity index is 0.00000361. The van der Waals surface area contributed by atoms with Crippen LogP contribution in [-0.2, 0) is 17.2 Å². The molecule has 35 heavy (non-hydrogen) atoms. The molecule has 1 N–H and O–H groups in total. The van der Waals surface area contributed by atoms with Crippen molar-refractivity contribution in [3.63, 3.8) is 0 Å². The fourth-order valence-electron chi connectivity index (χ4n) is 3.94. The average molecular weight is 475 g/mol. The van der Waals surface area contributed by atoms with Crippen LogP contribution in [0.2, 0.25) is 0 Å². The number of morpholine rings is 1. The van der Waals surface area contributed by atoms with Gasteiger partial charge in [0.1, 0.15) is 5.82 Å². The van der Waals surface area contributed by atoms with Crippen molar-refractivity contribution < 1.29 is 11.0 Å². The van der Waals surface area contributed by atoms with Gasteiger partial charge in [-0.05, 0) is 61.7 Å². The number of aryl methyl sites for hydroxylation is 1. The number of hydrogen-bond donors (Lipinski definition) is 1. The van der Waals surface area contributed by atoms with E-state index < -0.39 is 5.41 Å². The first-order valence-corrected chi connectivity index (χ1v) is 11.4. The summed E-state index contributed by atoms with van der Waals surface area (Å²) in [5.41, 5.74) is 2.97. The first kappa shape index (κ1) is 24.1. The standard InChI is InChI=1S/C26H28N6O3.H2/c1-17-5-6-20(29-25(34)19-11-22(30-28-15-19)26(2,3)16-27)14-21(17)18-12-23(31(4)24(33)13-18)32-7-9-35-10-8-32;/h5-6,11-15H,7-10H2,1-4H3,(H,29,34);1H. The summed E-state index contributed by atoms with van der Waals surface area (Å²) in [4.78, 5) is 27.9. The molecule has 0 atom stereocenters. The van der Waals surface area contributed by atoms with Crippen LogP contribution < -0.4 is 15.8 Å². The maximum atomic E-state index is 12.9. The van der Waals surface area contributed by atoms with Crippen LogP contribution in [-0.4, -0.2) is 47.0 Å². The second-order valence-corrected chi connectivity index (χ2v) is 9.15. The van der Waals surface area contributed by atoms with Crippen LogP contribution >= 0.6 is 0 Å². The third-order valence-electron chi connectivity index (χ3n) is 6.22. The normalized spacial score (nSPS) is 13.9. The van der Waals surface area contributed by atoms with Gasteiger partial charge in [-0.15, -0.1) is 0 Å². The molecule has 1 aliphatic rings. The highest BCUT2D eigenvalue weighted by Gasteiger charge is 2.23. The molecule has 0 bridgehead atoms. The van der Waals surface area contributed by atoms with Crippen LogP contribution in [0.4, 0.5) is 11.5 Å².